The molecule has 0 atom stereocenters. The Bertz CT molecular complexity index is 747. The van der Waals surface area contributed by atoms with Crippen molar-refractivity contribution in [2.45, 2.75) is 6.18 Å². The largest absolute Gasteiger partial charge is 0.489 e. The number of hydrogen-bond donors (Lipinski definition) is 1. The second-order valence-electron chi connectivity index (χ2n) is 5.01. The molecular weight excluding hydrogens is 342 g/mol. The molecule has 0 saturated carbocycles. The Morgan fingerprint density at radius 1 is 1.12 bits per heavy atom. The number of carbonyl (C=O) groups is 1. The molecule has 2 aromatic rings. The maximum absolute atomic E-state index is 13.2. The number of carbonyl (C=O) groups excluding carboxylic acids is 1. The van der Waals surface area contributed by atoms with Gasteiger partial charge in [0, 0.05) is 12.7 Å². The Labute approximate surface area is 141 Å². The van der Waals surface area contributed by atoms with Crippen LogP contribution in [0.15, 0.2) is 42.5 Å². The van der Waals surface area contributed by atoms with Gasteiger partial charge in [0.05, 0.1) is 17.9 Å². The van der Waals surface area contributed by atoms with Gasteiger partial charge in [-0.2, -0.15) is 13.2 Å². The predicted molar refractivity (Wildman–Crippen MR) is 83.2 cm³/mol. The zero-order chi connectivity index (χ0) is 18.4. The summed E-state index contributed by atoms with van der Waals surface area (Å²) in [6.45, 7) is 0.309. The van der Waals surface area contributed by atoms with Crippen LogP contribution >= 0.6 is 0 Å². The van der Waals surface area contributed by atoms with Crippen molar-refractivity contribution in [2.24, 2.45) is 0 Å². The summed E-state index contributed by atoms with van der Waals surface area (Å²) < 4.78 is 62.0. The van der Waals surface area contributed by atoms with Crippen LogP contribution in [0, 0.1) is 5.82 Å². The average molecular weight is 357 g/mol. The van der Waals surface area contributed by atoms with Gasteiger partial charge in [0.2, 0.25) is 0 Å². The molecule has 0 bridgehead atoms. The number of rotatable bonds is 6. The van der Waals surface area contributed by atoms with E-state index in [-0.39, 0.29) is 30.2 Å². The van der Waals surface area contributed by atoms with E-state index in [9.17, 15) is 22.4 Å². The van der Waals surface area contributed by atoms with E-state index in [4.69, 9.17) is 9.47 Å². The van der Waals surface area contributed by atoms with Crippen LogP contribution in [-0.4, -0.2) is 26.2 Å². The summed E-state index contributed by atoms with van der Waals surface area (Å²) in [5.74, 6) is -1.33. The number of benzene rings is 2. The van der Waals surface area contributed by atoms with Crippen LogP contribution in [-0.2, 0) is 10.9 Å². The van der Waals surface area contributed by atoms with E-state index in [1.807, 2.05) is 0 Å². The molecule has 0 spiro atoms. The monoisotopic (exact) mass is 357 g/mol. The summed E-state index contributed by atoms with van der Waals surface area (Å²) in [4.78, 5) is 12.2. The fourth-order valence-electron chi connectivity index (χ4n) is 1.99. The fourth-order valence-corrected chi connectivity index (χ4v) is 1.99. The van der Waals surface area contributed by atoms with Gasteiger partial charge in [-0.3, -0.25) is 4.79 Å². The molecule has 0 aromatic heterocycles. The third-order valence-electron chi connectivity index (χ3n) is 3.19. The lowest BCUT2D eigenvalue weighted by Crippen LogP contribution is -2.15. The molecule has 4 nitrogen and oxygen atoms in total. The number of amides is 1. The van der Waals surface area contributed by atoms with Crippen molar-refractivity contribution in [3.63, 3.8) is 0 Å². The van der Waals surface area contributed by atoms with Crippen molar-refractivity contribution < 1.29 is 31.8 Å². The molecular formula is C17H15F4NO3. The lowest BCUT2D eigenvalue weighted by molar-refractivity contribution is -0.137. The van der Waals surface area contributed by atoms with Gasteiger partial charge in [-0.15, -0.1) is 0 Å². The highest BCUT2D eigenvalue weighted by molar-refractivity contribution is 6.05. The van der Waals surface area contributed by atoms with E-state index >= 15 is 0 Å². The summed E-state index contributed by atoms with van der Waals surface area (Å²) >= 11 is 0. The second kappa shape index (κ2) is 7.98. The highest BCUT2D eigenvalue weighted by Gasteiger charge is 2.31. The maximum atomic E-state index is 13.2. The number of hydrogen-bond acceptors (Lipinski definition) is 3. The molecule has 0 radical (unpaired) electrons. The van der Waals surface area contributed by atoms with Crippen molar-refractivity contribution in [1.82, 2.24) is 0 Å². The predicted octanol–water partition coefficient (Wildman–Crippen LogP) is 4.12. The van der Waals surface area contributed by atoms with Crippen molar-refractivity contribution in [2.75, 3.05) is 25.6 Å². The van der Waals surface area contributed by atoms with Gasteiger partial charge in [-0.25, -0.2) is 4.39 Å². The molecule has 0 aliphatic carbocycles. The molecule has 2 rings (SSSR count). The summed E-state index contributed by atoms with van der Waals surface area (Å²) in [6.07, 6.45) is -4.58. The molecule has 2 aromatic carbocycles. The minimum atomic E-state index is -4.58. The number of alkyl halides is 3. The van der Waals surface area contributed by atoms with Crippen molar-refractivity contribution in [1.29, 1.82) is 0 Å². The summed E-state index contributed by atoms with van der Waals surface area (Å²) in [7, 11) is 1.45. The second-order valence-corrected chi connectivity index (χ2v) is 5.01. The lowest BCUT2D eigenvalue weighted by Gasteiger charge is -2.15. The normalized spacial score (nSPS) is 11.2. The van der Waals surface area contributed by atoms with Crippen LogP contribution in [0.5, 0.6) is 5.75 Å². The summed E-state index contributed by atoms with van der Waals surface area (Å²) in [5, 5.41) is 2.32. The van der Waals surface area contributed by atoms with Crippen LogP contribution in [0.1, 0.15) is 15.9 Å². The quantitative estimate of drug-likeness (QED) is 0.625. The van der Waals surface area contributed by atoms with Crippen LogP contribution in [0.25, 0.3) is 0 Å². The van der Waals surface area contributed by atoms with Crippen molar-refractivity contribution in [3.8, 4) is 5.75 Å². The van der Waals surface area contributed by atoms with E-state index in [0.29, 0.717) is 0 Å². The molecule has 1 N–H and O–H groups in total. The number of nitrogens with one attached hydrogen (secondary N) is 1. The Morgan fingerprint density at radius 2 is 1.88 bits per heavy atom. The molecule has 0 heterocycles. The first-order valence-corrected chi connectivity index (χ1v) is 7.21. The van der Waals surface area contributed by atoms with Gasteiger partial charge < -0.3 is 14.8 Å². The summed E-state index contributed by atoms with van der Waals surface area (Å²) in [5.41, 5.74) is -1.14. The van der Waals surface area contributed by atoms with Gasteiger partial charge in [0.1, 0.15) is 18.2 Å². The average Bonchev–Trinajstić information content (AvgIpc) is 2.55. The Kier molecular flexibility index (Phi) is 5.97. The Morgan fingerprint density at radius 3 is 2.52 bits per heavy atom. The molecule has 0 aliphatic rings. The molecule has 1 amide bonds. The first kappa shape index (κ1) is 18.7. The maximum Gasteiger partial charge on any atom is 0.416 e. The lowest BCUT2D eigenvalue weighted by atomic mass is 10.1. The smallest absolute Gasteiger partial charge is 0.416 e. The first-order chi connectivity index (χ1) is 11.8. The third kappa shape index (κ3) is 5.18. The minimum Gasteiger partial charge on any atom is -0.489 e. The van der Waals surface area contributed by atoms with Gasteiger partial charge in [0.25, 0.3) is 5.91 Å². The van der Waals surface area contributed by atoms with Gasteiger partial charge in [-0.05, 0) is 36.4 Å². The molecule has 134 valence electrons. The molecule has 0 unspecified atom stereocenters. The van der Waals surface area contributed by atoms with E-state index in [2.05, 4.69) is 5.32 Å². The standard InChI is InChI=1S/C17H15F4NO3/c1-24-7-8-25-15-6-5-12(17(19,20)21)10-14(15)22-16(23)11-3-2-4-13(18)9-11/h2-6,9-10H,7-8H2,1H3,(H,22,23). The van der Waals surface area contributed by atoms with Crippen molar-refractivity contribution >= 4 is 11.6 Å². The van der Waals surface area contributed by atoms with Crippen molar-refractivity contribution in [3.05, 3.63) is 59.4 Å². The zero-order valence-corrected chi connectivity index (χ0v) is 13.2. The Hall–Kier alpha value is -2.61. The summed E-state index contributed by atoms with van der Waals surface area (Å²) in [6, 6.07) is 7.53. The molecule has 0 saturated heterocycles. The van der Waals surface area contributed by atoms with E-state index < -0.39 is 23.5 Å². The Balaban J connectivity index is 2.29. The number of halogens is 4. The highest BCUT2D eigenvalue weighted by atomic mass is 19.4. The van der Waals surface area contributed by atoms with Gasteiger partial charge in [-0.1, -0.05) is 6.07 Å². The van der Waals surface area contributed by atoms with E-state index in [0.717, 1.165) is 30.3 Å². The number of anilines is 1. The number of methoxy groups -OCH3 is 1. The highest BCUT2D eigenvalue weighted by Crippen LogP contribution is 2.35. The van der Waals surface area contributed by atoms with Crippen LogP contribution in [0.2, 0.25) is 0 Å². The third-order valence-corrected chi connectivity index (χ3v) is 3.19. The fraction of sp³-hybridized carbons (Fsp3) is 0.235. The molecule has 0 fully saturated rings. The SMILES string of the molecule is COCCOc1ccc(C(F)(F)F)cc1NC(=O)c1cccc(F)c1. The van der Waals surface area contributed by atoms with Crippen LogP contribution < -0.4 is 10.1 Å². The first-order valence-electron chi connectivity index (χ1n) is 7.21. The topological polar surface area (TPSA) is 47.6 Å². The minimum absolute atomic E-state index is 0.0275. The molecule has 0 aliphatic heterocycles. The van der Waals surface area contributed by atoms with Crippen LogP contribution in [0.4, 0.5) is 23.2 Å². The zero-order valence-electron chi connectivity index (χ0n) is 13.2. The van der Waals surface area contributed by atoms with Crippen LogP contribution in [0.3, 0.4) is 0 Å². The van der Waals surface area contributed by atoms with Gasteiger partial charge >= 0.3 is 6.18 Å². The van der Waals surface area contributed by atoms with Gasteiger partial charge in [0.15, 0.2) is 0 Å². The molecule has 25 heavy (non-hydrogen) atoms. The number of ether oxygens (including phenoxy) is 2. The molecule has 8 heteroatoms. The van der Waals surface area contributed by atoms with E-state index in [1.54, 1.807) is 0 Å². The van der Waals surface area contributed by atoms with E-state index in [1.165, 1.54) is 19.2 Å².